The molecule has 3 aromatic rings. The van der Waals surface area contributed by atoms with Crippen LogP contribution in [0.3, 0.4) is 0 Å². The van der Waals surface area contributed by atoms with Crippen LogP contribution in [0.5, 0.6) is 0 Å². The molecule has 1 amide bonds. The van der Waals surface area contributed by atoms with Crippen molar-refractivity contribution in [2.24, 2.45) is 0 Å². The van der Waals surface area contributed by atoms with Crippen molar-refractivity contribution in [3.63, 3.8) is 0 Å². The van der Waals surface area contributed by atoms with E-state index in [1.54, 1.807) is 12.1 Å². The van der Waals surface area contributed by atoms with Crippen LogP contribution in [-0.4, -0.2) is 31.1 Å². The lowest BCUT2D eigenvalue weighted by Crippen LogP contribution is -2.27. The molecule has 1 aromatic carbocycles. The van der Waals surface area contributed by atoms with E-state index in [9.17, 15) is 4.79 Å². The zero-order valence-electron chi connectivity index (χ0n) is 13.5. The summed E-state index contributed by atoms with van der Waals surface area (Å²) in [5, 5.41) is 9.71. The Labute approximate surface area is 133 Å². The normalized spacial score (nSPS) is 12.3. The van der Waals surface area contributed by atoms with Crippen LogP contribution < -0.4 is 5.32 Å². The predicted molar refractivity (Wildman–Crippen MR) is 86.0 cm³/mol. The van der Waals surface area contributed by atoms with Gasteiger partial charge in [-0.05, 0) is 45.9 Å². The van der Waals surface area contributed by atoms with Gasteiger partial charge < -0.3 is 5.32 Å². The molecule has 118 valence electrons. The van der Waals surface area contributed by atoms with E-state index < -0.39 is 0 Å². The molecule has 2 heterocycles. The van der Waals surface area contributed by atoms with Gasteiger partial charge in [0.2, 0.25) is 0 Å². The number of carbonyl (C=O) groups excluding carboxylic acids is 1. The molecule has 0 unspecified atom stereocenters. The van der Waals surface area contributed by atoms with Crippen LogP contribution in [-0.2, 0) is 0 Å². The van der Waals surface area contributed by atoms with E-state index in [4.69, 9.17) is 0 Å². The molecule has 0 aliphatic carbocycles. The molecular formula is C16H18N6O. The Bertz CT molecular complexity index is 885. The third-order valence-corrected chi connectivity index (χ3v) is 3.69. The van der Waals surface area contributed by atoms with Crippen LogP contribution in [0, 0.1) is 20.8 Å². The standard InChI is InChI=1S/C16H18N6O/c1-8-9(2)18-14-7-12(5-6-13(14)17-8)16(23)19-10(3)15-20-11(4)21-22-15/h5-7,10H,1-4H3,(H,19,23)(H,20,21,22)/t10-/m0/s1. The number of carbonyl (C=O) groups is 1. The van der Waals surface area contributed by atoms with Gasteiger partial charge in [0.1, 0.15) is 5.82 Å². The molecule has 7 heteroatoms. The quantitative estimate of drug-likeness (QED) is 0.772. The molecule has 2 aromatic heterocycles. The summed E-state index contributed by atoms with van der Waals surface area (Å²) in [6.45, 7) is 7.48. The number of benzene rings is 1. The van der Waals surface area contributed by atoms with E-state index in [1.807, 2.05) is 33.8 Å². The van der Waals surface area contributed by atoms with Crippen molar-refractivity contribution in [1.29, 1.82) is 0 Å². The lowest BCUT2D eigenvalue weighted by molar-refractivity contribution is 0.0938. The Morgan fingerprint density at radius 3 is 2.43 bits per heavy atom. The van der Waals surface area contributed by atoms with Crippen molar-refractivity contribution in [3.05, 3.63) is 46.8 Å². The summed E-state index contributed by atoms with van der Waals surface area (Å²) in [7, 11) is 0. The number of amides is 1. The molecule has 0 saturated heterocycles. The summed E-state index contributed by atoms with van der Waals surface area (Å²) in [5.74, 6) is 1.08. The van der Waals surface area contributed by atoms with Gasteiger partial charge in [-0.3, -0.25) is 9.89 Å². The first-order valence-electron chi connectivity index (χ1n) is 7.39. The Balaban J connectivity index is 1.84. The fourth-order valence-corrected chi connectivity index (χ4v) is 2.27. The minimum Gasteiger partial charge on any atom is -0.342 e. The molecule has 0 spiro atoms. The van der Waals surface area contributed by atoms with Gasteiger partial charge in [-0.15, -0.1) is 0 Å². The summed E-state index contributed by atoms with van der Waals surface area (Å²) < 4.78 is 0. The Morgan fingerprint density at radius 2 is 1.78 bits per heavy atom. The number of nitrogens with one attached hydrogen (secondary N) is 2. The van der Waals surface area contributed by atoms with Gasteiger partial charge in [0.25, 0.3) is 5.91 Å². The second-order valence-electron chi connectivity index (χ2n) is 5.57. The van der Waals surface area contributed by atoms with Gasteiger partial charge in [-0.1, -0.05) is 0 Å². The van der Waals surface area contributed by atoms with Crippen molar-refractivity contribution < 1.29 is 4.79 Å². The van der Waals surface area contributed by atoms with E-state index in [2.05, 4.69) is 30.5 Å². The molecule has 0 bridgehead atoms. The van der Waals surface area contributed by atoms with Crippen molar-refractivity contribution in [2.45, 2.75) is 33.7 Å². The van der Waals surface area contributed by atoms with E-state index in [0.717, 1.165) is 16.9 Å². The summed E-state index contributed by atoms with van der Waals surface area (Å²) >= 11 is 0. The summed E-state index contributed by atoms with van der Waals surface area (Å²) in [6, 6.07) is 5.02. The SMILES string of the molecule is Cc1nc([C@H](C)NC(=O)c2ccc3nc(C)c(C)nc3c2)n[nH]1. The van der Waals surface area contributed by atoms with Crippen LogP contribution in [0.1, 0.15) is 46.4 Å². The van der Waals surface area contributed by atoms with E-state index in [1.165, 1.54) is 0 Å². The maximum absolute atomic E-state index is 12.4. The molecule has 0 aliphatic rings. The third kappa shape index (κ3) is 3.03. The topological polar surface area (TPSA) is 96.5 Å². The molecule has 1 atom stereocenters. The number of hydrogen-bond acceptors (Lipinski definition) is 5. The van der Waals surface area contributed by atoms with Gasteiger partial charge in [0.05, 0.1) is 28.5 Å². The lowest BCUT2D eigenvalue weighted by Gasteiger charge is -2.11. The minimum absolute atomic E-state index is 0.193. The third-order valence-electron chi connectivity index (χ3n) is 3.69. The molecule has 2 N–H and O–H groups in total. The second kappa shape index (κ2) is 5.75. The molecule has 0 fully saturated rings. The van der Waals surface area contributed by atoms with Crippen LogP contribution in [0.4, 0.5) is 0 Å². The number of hydrogen-bond donors (Lipinski definition) is 2. The first-order chi connectivity index (χ1) is 10.9. The largest absolute Gasteiger partial charge is 0.342 e. The number of nitrogens with zero attached hydrogens (tertiary/aromatic N) is 4. The van der Waals surface area contributed by atoms with Gasteiger partial charge in [0.15, 0.2) is 5.82 Å². The number of aromatic amines is 1. The van der Waals surface area contributed by atoms with Gasteiger partial charge >= 0.3 is 0 Å². The average Bonchev–Trinajstić information content (AvgIpc) is 2.94. The Hall–Kier alpha value is -2.83. The zero-order valence-corrected chi connectivity index (χ0v) is 13.5. The molecule has 0 saturated carbocycles. The fraction of sp³-hybridized carbons (Fsp3) is 0.312. The van der Waals surface area contributed by atoms with Crippen LogP contribution in [0.2, 0.25) is 0 Å². The van der Waals surface area contributed by atoms with E-state index in [0.29, 0.717) is 22.7 Å². The molecule has 0 aliphatic heterocycles. The zero-order chi connectivity index (χ0) is 16.6. The highest BCUT2D eigenvalue weighted by atomic mass is 16.1. The van der Waals surface area contributed by atoms with E-state index in [-0.39, 0.29) is 11.9 Å². The molecular weight excluding hydrogens is 292 g/mol. The molecule has 0 radical (unpaired) electrons. The smallest absolute Gasteiger partial charge is 0.251 e. The second-order valence-corrected chi connectivity index (χ2v) is 5.57. The average molecular weight is 310 g/mol. The number of aromatic nitrogens is 5. The lowest BCUT2D eigenvalue weighted by atomic mass is 10.1. The number of fused-ring (bicyclic) bond motifs is 1. The Morgan fingerprint density at radius 1 is 1.09 bits per heavy atom. The van der Waals surface area contributed by atoms with Crippen LogP contribution >= 0.6 is 0 Å². The first kappa shape index (κ1) is 15.1. The van der Waals surface area contributed by atoms with Crippen molar-refractivity contribution in [2.75, 3.05) is 0 Å². The number of aryl methyl sites for hydroxylation is 3. The minimum atomic E-state index is -0.283. The van der Waals surface area contributed by atoms with E-state index >= 15 is 0 Å². The fourth-order valence-electron chi connectivity index (χ4n) is 2.27. The van der Waals surface area contributed by atoms with Gasteiger partial charge in [-0.25, -0.2) is 15.0 Å². The summed E-state index contributed by atoms with van der Waals surface area (Å²) in [5.41, 5.74) is 3.78. The predicted octanol–water partition coefficient (Wildman–Crippen LogP) is 2.16. The van der Waals surface area contributed by atoms with Crippen LogP contribution in [0.25, 0.3) is 11.0 Å². The van der Waals surface area contributed by atoms with Gasteiger partial charge in [0, 0.05) is 5.56 Å². The van der Waals surface area contributed by atoms with Crippen molar-refractivity contribution in [1.82, 2.24) is 30.5 Å². The highest BCUT2D eigenvalue weighted by Crippen LogP contribution is 2.15. The van der Waals surface area contributed by atoms with Crippen molar-refractivity contribution in [3.8, 4) is 0 Å². The maximum atomic E-state index is 12.4. The first-order valence-corrected chi connectivity index (χ1v) is 7.39. The monoisotopic (exact) mass is 310 g/mol. The summed E-state index contributed by atoms with van der Waals surface area (Å²) in [6.07, 6.45) is 0. The van der Waals surface area contributed by atoms with Crippen LogP contribution in [0.15, 0.2) is 18.2 Å². The highest BCUT2D eigenvalue weighted by Gasteiger charge is 2.15. The van der Waals surface area contributed by atoms with Crippen molar-refractivity contribution >= 4 is 16.9 Å². The molecule has 3 rings (SSSR count). The molecule has 23 heavy (non-hydrogen) atoms. The van der Waals surface area contributed by atoms with Gasteiger partial charge in [-0.2, -0.15) is 5.10 Å². The number of rotatable bonds is 3. The summed E-state index contributed by atoms with van der Waals surface area (Å²) in [4.78, 5) is 25.6. The number of H-pyrrole nitrogens is 1. The molecule has 7 nitrogen and oxygen atoms in total. The highest BCUT2D eigenvalue weighted by molar-refractivity contribution is 5.97. The maximum Gasteiger partial charge on any atom is 0.251 e. The Kier molecular flexibility index (Phi) is 3.77.